The second kappa shape index (κ2) is 9.41. The number of benzene rings is 1. The van der Waals surface area contributed by atoms with Crippen molar-refractivity contribution >= 4 is 23.5 Å². The molecule has 0 spiro atoms. The number of methoxy groups -OCH3 is 1. The topological polar surface area (TPSA) is 91.5 Å². The Morgan fingerprint density at radius 3 is 2.31 bits per heavy atom. The Morgan fingerprint density at radius 1 is 1.14 bits per heavy atom. The van der Waals surface area contributed by atoms with Crippen LogP contribution in [0.1, 0.15) is 56.6 Å². The molecule has 0 fully saturated rings. The molecule has 0 bridgehead atoms. The van der Waals surface area contributed by atoms with Crippen molar-refractivity contribution < 1.29 is 19.1 Å². The first-order chi connectivity index (χ1) is 13.7. The van der Waals surface area contributed by atoms with Crippen LogP contribution in [-0.4, -0.2) is 48.4 Å². The summed E-state index contributed by atoms with van der Waals surface area (Å²) in [5, 5.41) is 2.88. The number of nitrogens with one attached hydrogen (secondary N) is 2. The summed E-state index contributed by atoms with van der Waals surface area (Å²) in [6, 6.07) is 5.77. The lowest BCUT2D eigenvalue weighted by atomic mass is 10.0. The van der Waals surface area contributed by atoms with Crippen molar-refractivity contribution in [1.82, 2.24) is 9.88 Å². The molecule has 0 aliphatic rings. The fourth-order valence-electron chi connectivity index (χ4n) is 3.41. The van der Waals surface area contributed by atoms with E-state index in [2.05, 4.69) is 10.3 Å². The highest BCUT2D eigenvalue weighted by atomic mass is 16.5. The summed E-state index contributed by atoms with van der Waals surface area (Å²) in [4.78, 5) is 42.0. The number of aryl methyl sites for hydroxylation is 3. The summed E-state index contributed by atoms with van der Waals surface area (Å²) in [6.07, 6.45) is 1.32. The molecule has 2 rings (SSSR count). The molecule has 0 radical (unpaired) electrons. The molecule has 0 aliphatic heterocycles. The Balaban J connectivity index is 2.21. The lowest BCUT2D eigenvalue weighted by Crippen LogP contribution is -2.35. The number of carbonyl (C=O) groups excluding carboxylic acids is 3. The summed E-state index contributed by atoms with van der Waals surface area (Å²) >= 11 is 0. The minimum Gasteiger partial charge on any atom is -0.465 e. The van der Waals surface area contributed by atoms with Crippen LogP contribution in [0.25, 0.3) is 0 Å². The first-order valence-electron chi connectivity index (χ1n) is 9.62. The van der Waals surface area contributed by atoms with E-state index in [1.54, 1.807) is 14.0 Å². The van der Waals surface area contributed by atoms with E-state index < -0.39 is 5.97 Å². The van der Waals surface area contributed by atoms with Crippen molar-refractivity contribution in [3.8, 4) is 0 Å². The predicted octanol–water partition coefficient (Wildman–Crippen LogP) is 3.39. The largest absolute Gasteiger partial charge is 0.465 e. The predicted molar refractivity (Wildman–Crippen MR) is 112 cm³/mol. The number of esters is 1. The van der Waals surface area contributed by atoms with E-state index in [1.807, 2.05) is 39.0 Å². The van der Waals surface area contributed by atoms with E-state index in [0.717, 1.165) is 23.2 Å². The van der Waals surface area contributed by atoms with Crippen molar-refractivity contribution in [2.45, 2.75) is 40.5 Å². The fraction of sp³-hybridized carbons (Fsp3) is 0.409. The number of hydrogen-bond acceptors (Lipinski definition) is 4. The molecular formula is C22H29N3O4. The number of likely N-dealkylation sites (N-methyl/N-ethyl adjacent to an activating group) is 1. The van der Waals surface area contributed by atoms with Gasteiger partial charge in [-0.1, -0.05) is 31.5 Å². The Morgan fingerprint density at radius 2 is 1.76 bits per heavy atom. The number of aromatic amines is 1. The van der Waals surface area contributed by atoms with Crippen LogP contribution in [0, 0.1) is 20.8 Å². The number of H-pyrrole nitrogens is 1. The molecule has 0 aliphatic carbocycles. The summed E-state index contributed by atoms with van der Waals surface area (Å²) in [5.74, 6) is -1.10. The van der Waals surface area contributed by atoms with E-state index >= 15 is 0 Å². The van der Waals surface area contributed by atoms with Gasteiger partial charge in [-0.3, -0.25) is 9.59 Å². The minimum absolute atomic E-state index is 0.107. The van der Waals surface area contributed by atoms with Gasteiger partial charge in [0.1, 0.15) is 5.69 Å². The molecule has 0 atom stereocenters. The number of aromatic nitrogens is 1. The Labute approximate surface area is 171 Å². The monoisotopic (exact) mass is 399 g/mol. The van der Waals surface area contributed by atoms with Gasteiger partial charge in [-0.25, -0.2) is 4.79 Å². The maximum atomic E-state index is 13.0. The summed E-state index contributed by atoms with van der Waals surface area (Å²) in [6.45, 7) is 7.44. The van der Waals surface area contributed by atoms with Crippen LogP contribution >= 0.6 is 0 Å². The van der Waals surface area contributed by atoms with Crippen molar-refractivity contribution in [2.24, 2.45) is 0 Å². The molecule has 2 N–H and O–H groups in total. The van der Waals surface area contributed by atoms with E-state index in [4.69, 9.17) is 4.74 Å². The molecule has 7 nitrogen and oxygen atoms in total. The molecule has 2 amide bonds. The zero-order valence-corrected chi connectivity index (χ0v) is 17.9. The van der Waals surface area contributed by atoms with Crippen LogP contribution in [0.5, 0.6) is 0 Å². The van der Waals surface area contributed by atoms with Gasteiger partial charge in [-0.2, -0.15) is 0 Å². The van der Waals surface area contributed by atoms with Gasteiger partial charge in [0.05, 0.1) is 19.2 Å². The third kappa shape index (κ3) is 4.85. The standard InChI is InChI=1S/C22H29N3O4/c1-7-9-16-18(22(28)29-6)15(4)23-20(16)21(27)25(5)12-17(26)24-19-13(2)10-8-11-14(19)3/h8,10-11,23H,7,9,12H2,1-6H3,(H,24,26). The minimum atomic E-state index is -0.475. The van der Waals surface area contributed by atoms with E-state index in [-0.39, 0.29) is 18.4 Å². The zero-order chi connectivity index (χ0) is 21.7. The number of anilines is 1. The van der Waals surface area contributed by atoms with Crippen molar-refractivity contribution in [3.63, 3.8) is 0 Å². The third-order valence-corrected chi connectivity index (χ3v) is 4.87. The molecule has 0 unspecified atom stereocenters. The highest BCUT2D eigenvalue weighted by molar-refractivity contribution is 6.02. The SMILES string of the molecule is CCCc1c(C(=O)N(C)CC(=O)Nc2c(C)cccc2C)[nH]c(C)c1C(=O)OC. The highest BCUT2D eigenvalue weighted by Gasteiger charge is 2.27. The lowest BCUT2D eigenvalue weighted by molar-refractivity contribution is -0.116. The molecule has 156 valence electrons. The third-order valence-electron chi connectivity index (χ3n) is 4.87. The van der Waals surface area contributed by atoms with Gasteiger partial charge < -0.3 is 19.9 Å². The molecule has 1 aromatic carbocycles. The quantitative estimate of drug-likeness (QED) is 0.698. The summed E-state index contributed by atoms with van der Waals surface area (Å²) in [7, 11) is 2.88. The van der Waals surface area contributed by atoms with Crippen LogP contribution < -0.4 is 5.32 Å². The van der Waals surface area contributed by atoms with Gasteiger partial charge in [0.2, 0.25) is 5.91 Å². The van der Waals surface area contributed by atoms with Crippen LogP contribution in [0.15, 0.2) is 18.2 Å². The molecule has 1 heterocycles. The van der Waals surface area contributed by atoms with Crippen LogP contribution in [0.4, 0.5) is 5.69 Å². The van der Waals surface area contributed by atoms with Crippen molar-refractivity contribution in [1.29, 1.82) is 0 Å². The van der Waals surface area contributed by atoms with Gasteiger partial charge in [-0.15, -0.1) is 0 Å². The second-order valence-electron chi connectivity index (χ2n) is 7.20. The van der Waals surface area contributed by atoms with Crippen LogP contribution in [0.3, 0.4) is 0 Å². The van der Waals surface area contributed by atoms with Gasteiger partial charge in [0, 0.05) is 18.4 Å². The van der Waals surface area contributed by atoms with Gasteiger partial charge in [-0.05, 0) is 43.9 Å². The van der Waals surface area contributed by atoms with Gasteiger partial charge in [0.15, 0.2) is 0 Å². The molecule has 0 saturated carbocycles. The number of carbonyl (C=O) groups is 3. The molecule has 1 aromatic heterocycles. The van der Waals surface area contributed by atoms with Gasteiger partial charge >= 0.3 is 5.97 Å². The lowest BCUT2D eigenvalue weighted by Gasteiger charge is -2.18. The number of hydrogen-bond donors (Lipinski definition) is 2. The Hall–Kier alpha value is -3.09. The summed E-state index contributed by atoms with van der Waals surface area (Å²) < 4.78 is 4.86. The molecule has 0 saturated heterocycles. The van der Waals surface area contributed by atoms with E-state index in [0.29, 0.717) is 28.9 Å². The average Bonchev–Trinajstić information content (AvgIpc) is 3.00. The number of amides is 2. The van der Waals surface area contributed by atoms with E-state index in [1.165, 1.54) is 12.0 Å². The first-order valence-corrected chi connectivity index (χ1v) is 9.62. The van der Waals surface area contributed by atoms with Crippen LogP contribution in [-0.2, 0) is 16.0 Å². The van der Waals surface area contributed by atoms with E-state index in [9.17, 15) is 14.4 Å². The number of rotatable bonds is 7. The number of para-hydroxylation sites is 1. The second-order valence-corrected chi connectivity index (χ2v) is 7.20. The maximum absolute atomic E-state index is 13.0. The van der Waals surface area contributed by atoms with Crippen molar-refractivity contribution in [3.05, 3.63) is 51.8 Å². The molecule has 29 heavy (non-hydrogen) atoms. The normalized spacial score (nSPS) is 10.6. The number of ether oxygens (including phenoxy) is 1. The highest BCUT2D eigenvalue weighted by Crippen LogP contribution is 2.23. The molecule has 7 heteroatoms. The van der Waals surface area contributed by atoms with Crippen LogP contribution in [0.2, 0.25) is 0 Å². The fourth-order valence-corrected chi connectivity index (χ4v) is 3.41. The maximum Gasteiger partial charge on any atom is 0.339 e. The molecule has 2 aromatic rings. The van der Waals surface area contributed by atoms with Crippen molar-refractivity contribution in [2.75, 3.05) is 26.0 Å². The average molecular weight is 399 g/mol. The Bertz CT molecular complexity index is 910. The first kappa shape index (κ1) is 22.2. The zero-order valence-electron chi connectivity index (χ0n) is 17.9. The Kier molecular flexibility index (Phi) is 7.20. The molecular weight excluding hydrogens is 370 g/mol. The smallest absolute Gasteiger partial charge is 0.339 e. The van der Waals surface area contributed by atoms with Gasteiger partial charge in [0.25, 0.3) is 5.91 Å². The summed E-state index contributed by atoms with van der Waals surface area (Å²) in [5.41, 5.74) is 4.60. The number of nitrogens with zero attached hydrogens (tertiary/aromatic N) is 1.